The molecule has 1 aromatic carbocycles. The molecular formula is C14H12N6O5S2. The number of rotatable bonds is 6. The van der Waals surface area contributed by atoms with Crippen molar-refractivity contribution < 1.29 is 18.1 Å². The van der Waals surface area contributed by atoms with Crippen LogP contribution in [0.25, 0.3) is 0 Å². The Morgan fingerprint density at radius 2 is 2.00 bits per heavy atom. The van der Waals surface area contributed by atoms with E-state index < -0.39 is 26.5 Å². The third kappa shape index (κ3) is 4.09. The maximum atomic E-state index is 12.3. The smallest absolute Gasteiger partial charge is 0.320 e. The van der Waals surface area contributed by atoms with Gasteiger partial charge in [0.15, 0.2) is 5.13 Å². The van der Waals surface area contributed by atoms with Crippen LogP contribution < -0.4 is 10.0 Å². The second kappa shape index (κ2) is 7.13. The normalized spacial score (nSPS) is 11.1. The van der Waals surface area contributed by atoms with Gasteiger partial charge in [-0.3, -0.25) is 24.3 Å². The lowest BCUT2D eigenvalue weighted by atomic mass is 10.3. The van der Waals surface area contributed by atoms with E-state index in [1.807, 2.05) is 0 Å². The van der Waals surface area contributed by atoms with E-state index in [1.54, 1.807) is 5.38 Å². The summed E-state index contributed by atoms with van der Waals surface area (Å²) in [6.07, 6.45) is 2.59. The fourth-order valence-electron chi connectivity index (χ4n) is 2.13. The molecular weight excluding hydrogens is 396 g/mol. The zero-order chi connectivity index (χ0) is 19.6. The number of carbonyl (C=O) groups is 1. The molecule has 2 aromatic heterocycles. The van der Waals surface area contributed by atoms with E-state index in [1.165, 1.54) is 37.5 Å². The van der Waals surface area contributed by atoms with Gasteiger partial charge in [-0.15, -0.1) is 11.3 Å². The molecule has 0 saturated carbocycles. The van der Waals surface area contributed by atoms with E-state index in [4.69, 9.17) is 0 Å². The first kappa shape index (κ1) is 18.5. The summed E-state index contributed by atoms with van der Waals surface area (Å²) in [5.41, 5.74) is -0.514. The minimum absolute atomic E-state index is 0.0282. The third-order valence-electron chi connectivity index (χ3n) is 3.30. The predicted octanol–water partition coefficient (Wildman–Crippen LogP) is 1.84. The predicted molar refractivity (Wildman–Crippen MR) is 97.2 cm³/mol. The van der Waals surface area contributed by atoms with E-state index in [-0.39, 0.29) is 21.4 Å². The first-order chi connectivity index (χ1) is 12.8. The first-order valence-corrected chi connectivity index (χ1v) is 9.64. The number of hydrogen-bond donors (Lipinski definition) is 2. The Morgan fingerprint density at radius 1 is 1.30 bits per heavy atom. The first-order valence-electron chi connectivity index (χ1n) is 7.28. The highest BCUT2D eigenvalue weighted by Crippen LogP contribution is 2.21. The number of sulfonamides is 1. The molecule has 13 heteroatoms. The highest BCUT2D eigenvalue weighted by molar-refractivity contribution is 7.93. The third-order valence-corrected chi connectivity index (χ3v) is 5.47. The zero-order valence-electron chi connectivity index (χ0n) is 13.7. The molecule has 0 fully saturated rings. The number of aromatic nitrogens is 3. The lowest BCUT2D eigenvalue weighted by Crippen LogP contribution is -2.15. The summed E-state index contributed by atoms with van der Waals surface area (Å²) in [7, 11) is -2.36. The number of amides is 1. The molecule has 0 radical (unpaired) electrons. The number of benzene rings is 1. The number of nitro groups is 1. The van der Waals surface area contributed by atoms with Gasteiger partial charge in [0.1, 0.15) is 6.20 Å². The quantitative estimate of drug-likeness (QED) is 0.467. The lowest BCUT2D eigenvalue weighted by Gasteiger charge is -2.07. The van der Waals surface area contributed by atoms with Gasteiger partial charge >= 0.3 is 5.69 Å². The number of anilines is 2. The Morgan fingerprint density at radius 3 is 2.59 bits per heavy atom. The van der Waals surface area contributed by atoms with Crippen molar-refractivity contribution in [3.63, 3.8) is 0 Å². The lowest BCUT2D eigenvalue weighted by molar-refractivity contribution is -0.385. The molecule has 0 spiro atoms. The molecule has 140 valence electrons. The van der Waals surface area contributed by atoms with Crippen LogP contribution in [0.3, 0.4) is 0 Å². The SMILES string of the molecule is Cn1cc([N+](=O)[O-])c(C(=O)Nc2ccc(S(=O)(=O)Nc3nccs3)cc2)n1. The number of hydrogen-bond acceptors (Lipinski definition) is 8. The van der Waals surface area contributed by atoms with Crippen molar-refractivity contribution in [1.29, 1.82) is 0 Å². The summed E-state index contributed by atoms with van der Waals surface area (Å²) in [6.45, 7) is 0. The molecule has 0 bridgehead atoms. The highest BCUT2D eigenvalue weighted by Gasteiger charge is 2.25. The molecule has 0 atom stereocenters. The summed E-state index contributed by atoms with van der Waals surface area (Å²) in [5.74, 6) is -0.779. The fourth-order valence-corrected chi connectivity index (χ4v) is 3.92. The molecule has 3 rings (SSSR count). The van der Waals surface area contributed by atoms with Gasteiger partial charge < -0.3 is 5.32 Å². The number of nitrogens with one attached hydrogen (secondary N) is 2. The summed E-state index contributed by atoms with van der Waals surface area (Å²) in [5, 5.41) is 19.1. The van der Waals surface area contributed by atoms with Crippen molar-refractivity contribution >= 4 is 43.8 Å². The molecule has 2 N–H and O–H groups in total. The maximum absolute atomic E-state index is 12.3. The summed E-state index contributed by atoms with van der Waals surface area (Å²) in [4.78, 5) is 26.3. The van der Waals surface area contributed by atoms with Crippen LogP contribution in [-0.4, -0.2) is 34.0 Å². The Balaban J connectivity index is 1.76. The minimum Gasteiger partial charge on any atom is -0.320 e. The average Bonchev–Trinajstić information content (AvgIpc) is 3.24. The Bertz CT molecular complexity index is 1090. The van der Waals surface area contributed by atoms with Gasteiger partial charge in [0.05, 0.1) is 9.82 Å². The molecule has 0 unspecified atom stereocenters. The molecule has 3 aromatic rings. The molecule has 27 heavy (non-hydrogen) atoms. The van der Waals surface area contributed by atoms with Crippen LogP contribution in [0.15, 0.2) is 46.9 Å². The van der Waals surface area contributed by atoms with Gasteiger partial charge in [-0.2, -0.15) is 5.10 Å². The van der Waals surface area contributed by atoms with Crippen LogP contribution in [0.4, 0.5) is 16.5 Å². The second-order valence-electron chi connectivity index (χ2n) is 5.21. The Kier molecular flexibility index (Phi) is 4.87. The summed E-state index contributed by atoms with van der Waals surface area (Å²) in [6, 6.07) is 5.31. The standard InChI is InChI=1S/C14H12N6O5S2/c1-19-8-11(20(22)23)12(17-19)13(21)16-9-2-4-10(5-3-9)27(24,25)18-14-15-6-7-26-14/h2-8H,1H3,(H,15,18)(H,16,21). The van der Waals surface area contributed by atoms with Crippen LogP contribution >= 0.6 is 11.3 Å². The van der Waals surface area contributed by atoms with Crippen LogP contribution in [-0.2, 0) is 17.1 Å². The van der Waals surface area contributed by atoms with Crippen LogP contribution in [0.2, 0.25) is 0 Å². The molecule has 2 heterocycles. The average molecular weight is 408 g/mol. The Labute approximate surface area is 156 Å². The van der Waals surface area contributed by atoms with Crippen molar-refractivity contribution in [3.05, 3.63) is 57.8 Å². The van der Waals surface area contributed by atoms with E-state index >= 15 is 0 Å². The monoisotopic (exact) mass is 408 g/mol. The van der Waals surface area contributed by atoms with Crippen LogP contribution in [0.5, 0.6) is 0 Å². The number of aryl methyl sites for hydroxylation is 1. The van der Waals surface area contributed by atoms with E-state index in [2.05, 4.69) is 20.1 Å². The van der Waals surface area contributed by atoms with E-state index in [0.29, 0.717) is 0 Å². The maximum Gasteiger partial charge on any atom is 0.320 e. The highest BCUT2D eigenvalue weighted by atomic mass is 32.2. The van der Waals surface area contributed by atoms with Gasteiger partial charge in [0, 0.05) is 24.3 Å². The van der Waals surface area contributed by atoms with Crippen molar-refractivity contribution in [2.24, 2.45) is 7.05 Å². The van der Waals surface area contributed by atoms with Crippen molar-refractivity contribution in [1.82, 2.24) is 14.8 Å². The largest absolute Gasteiger partial charge is 0.320 e. The molecule has 0 aliphatic heterocycles. The number of carbonyl (C=O) groups excluding carboxylic acids is 1. The molecule has 11 nitrogen and oxygen atoms in total. The van der Waals surface area contributed by atoms with Gasteiger partial charge in [-0.1, -0.05) is 0 Å². The zero-order valence-corrected chi connectivity index (χ0v) is 15.3. The van der Waals surface area contributed by atoms with E-state index in [9.17, 15) is 23.3 Å². The second-order valence-corrected chi connectivity index (χ2v) is 7.79. The number of nitrogens with zero attached hydrogens (tertiary/aromatic N) is 4. The van der Waals surface area contributed by atoms with Crippen LogP contribution in [0, 0.1) is 10.1 Å². The Hall–Kier alpha value is -3.32. The molecule has 1 amide bonds. The fraction of sp³-hybridized carbons (Fsp3) is 0.0714. The molecule has 0 aliphatic carbocycles. The van der Waals surface area contributed by atoms with E-state index in [0.717, 1.165) is 22.2 Å². The van der Waals surface area contributed by atoms with Gasteiger partial charge in [-0.05, 0) is 24.3 Å². The van der Waals surface area contributed by atoms with Crippen molar-refractivity contribution in [3.8, 4) is 0 Å². The van der Waals surface area contributed by atoms with Gasteiger partial charge in [-0.25, -0.2) is 13.4 Å². The summed E-state index contributed by atoms with van der Waals surface area (Å²) < 4.78 is 28.0. The molecule has 0 aliphatic rings. The van der Waals surface area contributed by atoms with Gasteiger partial charge in [0.25, 0.3) is 15.9 Å². The van der Waals surface area contributed by atoms with Crippen molar-refractivity contribution in [2.45, 2.75) is 4.90 Å². The summed E-state index contributed by atoms with van der Waals surface area (Å²) >= 11 is 1.14. The van der Waals surface area contributed by atoms with Gasteiger partial charge in [0.2, 0.25) is 5.69 Å². The number of thiazole rings is 1. The van der Waals surface area contributed by atoms with Crippen molar-refractivity contribution in [2.75, 3.05) is 10.0 Å². The topological polar surface area (TPSA) is 149 Å². The minimum atomic E-state index is -3.82. The van der Waals surface area contributed by atoms with Crippen LogP contribution in [0.1, 0.15) is 10.5 Å². The molecule has 0 saturated heterocycles.